The molecule has 0 saturated heterocycles. The van der Waals surface area contributed by atoms with E-state index < -0.39 is 17.7 Å². The van der Waals surface area contributed by atoms with Crippen molar-refractivity contribution in [2.75, 3.05) is 13.1 Å². The van der Waals surface area contributed by atoms with Crippen molar-refractivity contribution in [3.8, 4) is 0 Å². The number of hydrogen-bond donors (Lipinski definition) is 3. The molecule has 0 radical (unpaired) electrons. The smallest absolute Gasteiger partial charge is 0.388 e. The normalized spacial score (nSPS) is 28.5. The highest BCUT2D eigenvalue weighted by Crippen LogP contribution is 2.37. The first kappa shape index (κ1) is 19.3. The molecule has 0 aromatic heterocycles. The van der Waals surface area contributed by atoms with Gasteiger partial charge in [0.2, 0.25) is 0 Å². The van der Waals surface area contributed by atoms with E-state index >= 15 is 0 Å². The van der Waals surface area contributed by atoms with Crippen molar-refractivity contribution in [2.24, 2.45) is 10.9 Å². The van der Waals surface area contributed by atoms with E-state index in [0.717, 1.165) is 38.5 Å². The second-order valence-corrected chi connectivity index (χ2v) is 7.23. The molecule has 0 amide bonds. The number of aliphatic hydroxyl groups is 1. The van der Waals surface area contributed by atoms with E-state index in [1.165, 1.54) is 0 Å². The van der Waals surface area contributed by atoms with E-state index in [2.05, 4.69) is 15.6 Å². The molecule has 2 rings (SSSR count). The topological polar surface area (TPSA) is 56.7 Å². The average molecular weight is 349 g/mol. The highest BCUT2D eigenvalue weighted by Gasteiger charge is 2.42. The van der Waals surface area contributed by atoms with E-state index in [1.807, 2.05) is 6.92 Å². The van der Waals surface area contributed by atoms with Crippen LogP contribution in [0.5, 0.6) is 0 Å². The Morgan fingerprint density at radius 1 is 1.17 bits per heavy atom. The Hall–Kier alpha value is -0.980. The zero-order chi connectivity index (χ0) is 17.6. The molecule has 2 fully saturated rings. The fourth-order valence-corrected chi connectivity index (χ4v) is 3.73. The molecular weight excluding hydrogens is 319 g/mol. The number of guanidine groups is 1. The van der Waals surface area contributed by atoms with Crippen LogP contribution >= 0.6 is 0 Å². The first-order valence-corrected chi connectivity index (χ1v) is 9.16. The summed E-state index contributed by atoms with van der Waals surface area (Å²) in [5.74, 6) is -0.710. The van der Waals surface area contributed by atoms with Gasteiger partial charge in [-0.3, -0.25) is 4.99 Å². The first-order chi connectivity index (χ1) is 11.3. The Bertz CT molecular complexity index is 420. The number of nitrogens with zero attached hydrogens (tertiary/aromatic N) is 1. The van der Waals surface area contributed by atoms with Gasteiger partial charge in [-0.05, 0) is 39.0 Å². The van der Waals surface area contributed by atoms with E-state index in [-0.39, 0.29) is 18.9 Å². The number of hydrogen-bond acceptors (Lipinski definition) is 2. The fraction of sp³-hybridized carbons (Fsp3) is 0.941. The predicted molar refractivity (Wildman–Crippen MR) is 89.0 cm³/mol. The Kier molecular flexibility index (Phi) is 6.78. The number of rotatable bonds is 4. The molecule has 7 heteroatoms. The Morgan fingerprint density at radius 2 is 1.88 bits per heavy atom. The Labute approximate surface area is 142 Å². The van der Waals surface area contributed by atoms with E-state index in [9.17, 15) is 18.3 Å². The average Bonchev–Trinajstić information content (AvgIpc) is 2.53. The lowest BCUT2D eigenvalue weighted by atomic mass is 9.85. The van der Waals surface area contributed by atoms with Gasteiger partial charge in [0, 0.05) is 12.6 Å². The molecule has 2 atom stereocenters. The van der Waals surface area contributed by atoms with Crippen LogP contribution in [0.1, 0.15) is 64.7 Å². The van der Waals surface area contributed by atoms with Gasteiger partial charge in [0.05, 0.1) is 18.1 Å². The van der Waals surface area contributed by atoms with Crippen LogP contribution < -0.4 is 10.6 Å². The molecule has 0 spiro atoms. The van der Waals surface area contributed by atoms with E-state index in [0.29, 0.717) is 25.5 Å². The van der Waals surface area contributed by atoms with Crippen LogP contribution in [0, 0.1) is 5.92 Å². The highest BCUT2D eigenvalue weighted by atomic mass is 19.4. The molecule has 2 aliphatic rings. The van der Waals surface area contributed by atoms with Crippen LogP contribution in [0.3, 0.4) is 0 Å². The Morgan fingerprint density at radius 3 is 2.50 bits per heavy atom. The molecule has 2 saturated carbocycles. The summed E-state index contributed by atoms with van der Waals surface area (Å²) in [5.41, 5.74) is -0.762. The van der Waals surface area contributed by atoms with Gasteiger partial charge in [-0.25, -0.2) is 0 Å². The van der Waals surface area contributed by atoms with Crippen LogP contribution in [-0.4, -0.2) is 42.0 Å². The highest BCUT2D eigenvalue weighted by molar-refractivity contribution is 5.80. The number of nitrogens with one attached hydrogen (secondary N) is 2. The minimum absolute atomic E-state index is 0.0954. The van der Waals surface area contributed by atoms with Gasteiger partial charge in [-0.1, -0.05) is 25.7 Å². The van der Waals surface area contributed by atoms with Crippen LogP contribution in [-0.2, 0) is 0 Å². The van der Waals surface area contributed by atoms with Crippen molar-refractivity contribution >= 4 is 5.96 Å². The zero-order valence-corrected chi connectivity index (χ0v) is 14.5. The second kappa shape index (κ2) is 8.41. The molecule has 0 aliphatic heterocycles. The molecule has 2 aliphatic carbocycles. The summed E-state index contributed by atoms with van der Waals surface area (Å²) in [5, 5.41) is 16.8. The molecule has 3 N–H and O–H groups in total. The fourth-order valence-electron chi connectivity index (χ4n) is 3.73. The van der Waals surface area contributed by atoms with Crippen LogP contribution in [0.15, 0.2) is 4.99 Å². The van der Waals surface area contributed by atoms with Crippen molar-refractivity contribution in [3.05, 3.63) is 0 Å². The lowest BCUT2D eigenvalue weighted by Gasteiger charge is -2.33. The third kappa shape index (κ3) is 5.83. The summed E-state index contributed by atoms with van der Waals surface area (Å²) in [6, 6.07) is -0.218. The van der Waals surface area contributed by atoms with Crippen molar-refractivity contribution in [1.82, 2.24) is 10.6 Å². The Balaban J connectivity index is 1.93. The molecule has 24 heavy (non-hydrogen) atoms. The van der Waals surface area contributed by atoms with Gasteiger partial charge in [0.25, 0.3) is 0 Å². The maximum absolute atomic E-state index is 12.9. The standard InChI is InChI=1S/C17H30F3N3O/c1-2-21-15(22-12-16(24)9-4-3-5-10-16)23-14-8-6-7-13(11-14)17(18,19)20/h13-14,24H,2-12H2,1H3,(H2,21,22,23). The summed E-state index contributed by atoms with van der Waals surface area (Å²) < 4.78 is 38.8. The zero-order valence-electron chi connectivity index (χ0n) is 14.5. The van der Waals surface area contributed by atoms with E-state index in [4.69, 9.17) is 0 Å². The number of alkyl halides is 3. The summed E-state index contributed by atoms with van der Waals surface area (Å²) in [6.07, 6.45) is 2.14. The van der Waals surface area contributed by atoms with Gasteiger partial charge in [-0.15, -0.1) is 0 Å². The second-order valence-electron chi connectivity index (χ2n) is 7.23. The molecule has 0 bridgehead atoms. The van der Waals surface area contributed by atoms with Crippen LogP contribution in [0.4, 0.5) is 13.2 Å². The quantitative estimate of drug-likeness (QED) is 0.539. The summed E-state index contributed by atoms with van der Waals surface area (Å²) >= 11 is 0. The summed E-state index contributed by atoms with van der Waals surface area (Å²) in [7, 11) is 0. The van der Waals surface area contributed by atoms with E-state index in [1.54, 1.807) is 0 Å². The van der Waals surface area contributed by atoms with Crippen molar-refractivity contribution in [1.29, 1.82) is 0 Å². The van der Waals surface area contributed by atoms with Crippen molar-refractivity contribution in [2.45, 2.75) is 82.5 Å². The van der Waals surface area contributed by atoms with Gasteiger partial charge >= 0.3 is 6.18 Å². The maximum atomic E-state index is 12.9. The molecule has 140 valence electrons. The van der Waals surface area contributed by atoms with Crippen LogP contribution in [0.2, 0.25) is 0 Å². The SMILES string of the molecule is CCNC(=NCC1(O)CCCCC1)NC1CCCC(C(F)(F)F)C1. The third-order valence-electron chi connectivity index (χ3n) is 5.14. The third-order valence-corrected chi connectivity index (χ3v) is 5.14. The lowest BCUT2D eigenvalue weighted by molar-refractivity contribution is -0.183. The first-order valence-electron chi connectivity index (χ1n) is 9.16. The maximum Gasteiger partial charge on any atom is 0.391 e. The molecular formula is C17H30F3N3O. The lowest BCUT2D eigenvalue weighted by Crippen LogP contribution is -2.47. The number of halogens is 3. The molecule has 0 aromatic carbocycles. The van der Waals surface area contributed by atoms with Crippen LogP contribution in [0.25, 0.3) is 0 Å². The van der Waals surface area contributed by atoms with Gasteiger partial charge in [-0.2, -0.15) is 13.2 Å². The van der Waals surface area contributed by atoms with Crippen molar-refractivity contribution < 1.29 is 18.3 Å². The molecule has 4 nitrogen and oxygen atoms in total. The van der Waals surface area contributed by atoms with Gasteiger partial charge in [0.1, 0.15) is 0 Å². The molecule has 2 unspecified atom stereocenters. The van der Waals surface area contributed by atoms with Gasteiger partial charge in [0.15, 0.2) is 5.96 Å². The molecule has 0 aromatic rings. The predicted octanol–water partition coefficient (Wildman–Crippen LogP) is 3.36. The summed E-state index contributed by atoms with van der Waals surface area (Å²) in [4.78, 5) is 4.45. The minimum Gasteiger partial charge on any atom is -0.388 e. The van der Waals surface area contributed by atoms with Crippen molar-refractivity contribution in [3.63, 3.8) is 0 Å². The summed E-state index contributed by atoms with van der Waals surface area (Å²) in [6.45, 7) is 2.86. The van der Waals surface area contributed by atoms with Gasteiger partial charge < -0.3 is 15.7 Å². The molecule has 0 heterocycles. The number of aliphatic imine (C=N–C) groups is 1. The minimum atomic E-state index is -4.12. The monoisotopic (exact) mass is 349 g/mol. The largest absolute Gasteiger partial charge is 0.391 e.